The van der Waals surface area contributed by atoms with Gasteiger partial charge in [-0.2, -0.15) is 0 Å². The van der Waals surface area contributed by atoms with Gasteiger partial charge in [-0.3, -0.25) is 4.79 Å². The molecule has 3 heteroatoms. The molecule has 16 heavy (non-hydrogen) atoms. The topological polar surface area (TPSA) is 35.5 Å². The van der Waals surface area contributed by atoms with Gasteiger partial charge in [0.15, 0.2) is 0 Å². The van der Waals surface area contributed by atoms with Crippen LogP contribution in [0.3, 0.4) is 0 Å². The Bertz CT molecular complexity index is 373. The fraction of sp³-hybridized carbons (Fsp3) is 0.462. The van der Waals surface area contributed by atoms with E-state index in [9.17, 15) is 4.79 Å². The van der Waals surface area contributed by atoms with Crippen LogP contribution in [0.2, 0.25) is 0 Å². The molecule has 1 saturated heterocycles. The van der Waals surface area contributed by atoms with Gasteiger partial charge in [0, 0.05) is 12.3 Å². The lowest BCUT2D eigenvalue weighted by Crippen LogP contribution is -2.29. The van der Waals surface area contributed by atoms with Gasteiger partial charge >= 0.3 is 0 Å². The van der Waals surface area contributed by atoms with Crippen LogP contribution in [0.15, 0.2) is 24.3 Å². The first-order chi connectivity index (χ1) is 7.81. The average Bonchev–Trinajstić information content (AvgIpc) is 2.33. The summed E-state index contributed by atoms with van der Waals surface area (Å²) < 4.78 is 10.6. The smallest absolute Gasteiger partial charge is 0.140 e. The molecule has 0 amide bonds. The highest BCUT2D eigenvalue weighted by atomic mass is 16.5. The number of hydrogen-bond acceptors (Lipinski definition) is 3. The van der Waals surface area contributed by atoms with Crippen LogP contribution in [-0.2, 0) is 16.0 Å². The predicted octanol–water partition coefficient (Wildman–Crippen LogP) is 1.84. The van der Waals surface area contributed by atoms with E-state index < -0.39 is 0 Å². The van der Waals surface area contributed by atoms with E-state index in [1.165, 1.54) is 0 Å². The molecule has 1 aromatic rings. The lowest BCUT2D eigenvalue weighted by molar-refractivity contribution is -0.130. The van der Waals surface area contributed by atoms with Crippen molar-refractivity contribution in [2.45, 2.75) is 12.8 Å². The molecular weight excluding hydrogens is 204 g/mol. The molecule has 0 spiro atoms. The van der Waals surface area contributed by atoms with Crippen LogP contribution < -0.4 is 4.74 Å². The van der Waals surface area contributed by atoms with E-state index in [0.717, 1.165) is 11.3 Å². The molecule has 1 aliphatic heterocycles. The van der Waals surface area contributed by atoms with Crippen LogP contribution in [0, 0.1) is 5.92 Å². The maximum Gasteiger partial charge on any atom is 0.140 e. The summed E-state index contributed by atoms with van der Waals surface area (Å²) in [7, 11) is 1.65. The quantitative estimate of drug-likeness (QED) is 0.779. The molecule has 0 saturated carbocycles. The highest BCUT2D eigenvalue weighted by molar-refractivity contribution is 5.82. The number of rotatable bonds is 3. The minimum atomic E-state index is -0.00921. The number of ketones is 1. The summed E-state index contributed by atoms with van der Waals surface area (Å²) in [5.41, 5.74) is 1.08. The second kappa shape index (κ2) is 5.12. The molecule has 3 nitrogen and oxygen atoms in total. The summed E-state index contributed by atoms with van der Waals surface area (Å²) in [4.78, 5) is 11.7. The standard InChI is InChI=1S/C13H16O3/c1-15-13-5-3-2-4-10(13)8-11-9-16-7-6-12(11)14/h2-5,11H,6-9H2,1H3. The predicted molar refractivity (Wildman–Crippen MR) is 60.6 cm³/mol. The zero-order valence-corrected chi connectivity index (χ0v) is 9.44. The van der Waals surface area contributed by atoms with Crippen molar-refractivity contribution >= 4 is 5.78 Å². The van der Waals surface area contributed by atoms with Gasteiger partial charge in [-0.25, -0.2) is 0 Å². The molecule has 86 valence electrons. The SMILES string of the molecule is COc1ccccc1CC1COCCC1=O. The highest BCUT2D eigenvalue weighted by Gasteiger charge is 2.23. The number of Topliss-reactive ketones (excluding diaryl/α,β-unsaturated/α-hetero) is 1. The zero-order valence-electron chi connectivity index (χ0n) is 9.44. The first-order valence-corrected chi connectivity index (χ1v) is 5.53. The molecule has 0 N–H and O–H groups in total. The molecule has 1 atom stereocenters. The molecule has 0 aliphatic carbocycles. The van der Waals surface area contributed by atoms with Gasteiger partial charge in [-0.05, 0) is 18.1 Å². The van der Waals surface area contributed by atoms with Crippen molar-refractivity contribution in [1.82, 2.24) is 0 Å². The lowest BCUT2D eigenvalue weighted by Gasteiger charge is -2.21. The van der Waals surface area contributed by atoms with E-state index >= 15 is 0 Å². The third-order valence-electron chi connectivity index (χ3n) is 2.93. The van der Waals surface area contributed by atoms with Crippen LogP contribution in [0.25, 0.3) is 0 Å². The third kappa shape index (κ3) is 2.42. The molecule has 1 aromatic carbocycles. The van der Waals surface area contributed by atoms with Crippen LogP contribution in [0.5, 0.6) is 5.75 Å². The van der Waals surface area contributed by atoms with Gasteiger partial charge < -0.3 is 9.47 Å². The van der Waals surface area contributed by atoms with E-state index in [-0.39, 0.29) is 5.92 Å². The van der Waals surface area contributed by atoms with Crippen molar-refractivity contribution in [3.63, 3.8) is 0 Å². The first kappa shape index (κ1) is 11.1. The Labute approximate surface area is 95.4 Å². The maximum absolute atomic E-state index is 11.7. The zero-order chi connectivity index (χ0) is 11.4. The number of ether oxygens (including phenoxy) is 2. The first-order valence-electron chi connectivity index (χ1n) is 5.53. The van der Waals surface area contributed by atoms with Crippen molar-refractivity contribution in [2.24, 2.45) is 5.92 Å². The molecule has 1 fully saturated rings. The molecule has 0 radical (unpaired) electrons. The minimum Gasteiger partial charge on any atom is -0.496 e. The summed E-state index contributed by atoms with van der Waals surface area (Å²) >= 11 is 0. The van der Waals surface area contributed by atoms with Crippen molar-refractivity contribution in [2.75, 3.05) is 20.3 Å². The van der Waals surface area contributed by atoms with Gasteiger partial charge in [-0.15, -0.1) is 0 Å². The minimum absolute atomic E-state index is 0.00921. The molecule has 0 aromatic heterocycles. The van der Waals surface area contributed by atoms with E-state index in [4.69, 9.17) is 9.47 Å². The second-order valence-electron chi connectivity index (χ2n) is 4.00. The molecule has 1 aliphatic rings. The van der Waals surface area contributed by atoms with Crippen molar-refractivity contribution in [3.05, 3.63) is 29.8 Å². The average molecular weight is 220 g/mol. The number of carbonyl (C=O) groups is 1. The van der Waals surface area contributed by atoms with Crippen LogP contribution in [-0.4, -0.2) is 26.1 Å². The number of para-hydroxylation sites is 1. The number of methoxy groups -OCH3 is 1. The van der Waals surface area contributed by atoms with Gasteiger partial charge in [0.1, 0.15) is 11.5 Å². The van der Waals surface area contributed by atoms with Gasteiger partial charge in [0.05, 0.1) is 20.3 Å². The van der Waals surface area contributed by atoms with Gasteiger partial charge in [0.2, 0.25) is 0 Å². The van der Waals surface area contributed by atoms with E-state index in [0.29, 0.717) is 31.8 Å². The Hall–Kier alpha value is -1.35. The fourth-order valence-electron chi connectivity index (χ4n) is 2.01. The summed E-state index contributed by atoms with van der Waals surface area (Å²) in [6.07, 6.45) is 1.25. The summed E-state index contributed by atoms with van der Waals surface area (Å²) in [5, 5.41) is 0. The Morgan fingerprint density at radius 3 is 3.00 bits per heavy atom. The maximum atomic E-state index is 11.7. The van der Waals surface area contributed by atoms with E-state index in [1.807, 2.05) is 24.3 Å². The van der Waals surface area contributed by atoms with Crippen LogP contribution in [0.1, 0.15) is 12.0 Å². The van der Waals surface area contributed by atoms with Crippen molar-refractivity contribution in [3.8, 4) is 5.75 Å². The Morgan fingerprint density at radius 2 is 2.25 bits per heavy atom. The van der Waals surface area contributed by atoms with Crippen molar-refractivity contribution < 1.29 is 14.3 Å². The normalized spacial score (nSPS) is 20.8. The van der Waals surface area contributed by atoms with Crippen LogP contribution in [0.4, 0.5) is 0 Å². The lowest BCUT2D eigenvalue weighted by atomic mass is 9.92. The third-order valence-corrected chi connectivity index (χ3v) is 2.93. The Morgan fingerprint density at radius 1 is 1.44 bits per heavy atom. The van der Waals surface area contributed by atoms with Crippen LogP contribution >= 0.6 is 0 Å². The highest BCUT2D eigenvalue weighted by Crippen LogP contribution is 2.23. The number of benzene rings is 1. The largest absolute Gasteiger partial charge is 0.496 e. The fourth-order valence-corrected chi connectivity index (χ4v) is 2.01. The van der Waals surface area contributed by atoms with Gasteiger partial charge in [0.25, 0.3) is 0 Å². The molecular formula is C13H16O3. The Balaban J connectivity index is 2.10. The molecule has 0 bridgehead atoms. The monoisotopic (exact) mass is 220 g/mol. The molecule has 1 heterocycles. The molecule has 2 rings (SSSR count). The summed E-state index contributed by atoms with van der Waals surface area (Å²) in [6, 6.07) is 7.82. The number of carbonyl (C=O) groups excluding carboxylic acids is 1. The van der Waals surface area contributed by atoms with E-state index in [1.54, 1.807) is 7.11 Å². The van der Waals surface area contributed by atoms with Gasteiger partial charge in [-0.1, -0.05) is 18.2 Å². The second-order valence-corrected chi connectivity index (χ2v) is 4.00. The summed E-state index contributed by atoms with van der Waals surface area (Å²) in [5.74, 6) is 1.14. The number of hydrogen-bond donors (Lipinski definition) is 0. The van der Waals surface area contributed by atoms with E-state index in [2.05, 4.69) is 0 Å². The Kier molecular flexibility index (Phi) is 3.57. The summed E-state index contributed by atoms with van der Waals surface area (Å²) in [6.45, 7) is 1.11. The molecule has 1 unspecified atom stereocenters. The van der Waals surface area contributed by atoms with Crippen molar-refractivity contribution in [1.29, 1.82) is 0 Å².